The summed E-state index contributed by atoms with van der Waals surface area (Å²) in [5.41, 5.74) is -6.50. The molecule has 3 aliphatic rings. The number of amides is 4. The molecular weight excluding hydrogens is 861 g/mol. The quantitative estimate of drug-likeness (QED) is 0.175. The van der Waals surface area contributed by atoms with Gasteiger partial charge in [-0.2, -0.15) is 0 Å². The van der Waals surface area contributed by atoms with Crippen LogP contribution in [0, 0.1) is 10.8 Å². The summed E-state index contributed by atoms with van der Waals surface area (Å²) in [5.74, 6) is -2.74. The number of carbonyl (C=O) groups excluding carboxylic acids is 6. The number of carbonyl (C=O) groups is 8. The van der Waals surface area contributed by atoms with Crippen molar-refractivity contribution in [2.24, 2.45) is 10.8 Å². The fourth-order valence-corrected chi connectivity index (χ4v) is 7.79. The Balaban J connectivity index is 3.11. The van der Waals surface area contributed by atoms with E-state index in [1.54, 1.807) is 83.1 Å². The SMILES string of the molecule is CC(C)(C)OC(=O)N1CCN(C(=O)OC(C)(C)C)CC2(CC(=O)CCCC(=O)O)CNCCNCC(CC(=O)CCCC(=O)O)(C1)CN(C(=O)OC(C)(C)C)CCN(C(=O)OC(C)(C)C)C2. The van der Waals surface area contributed by atoms with Gasteiger partial charge in [0, 0.05) is 128 Å². The molecule has 4 amide bonds. The van der Waals surface area contributed by atoms with Crippen LogP contribution in [-0.2, 0) is 38.1 Å². The molecule has 0 unspecified atom stereocenters. The van der Waals surface area contributed by atoms with Gasteiger partial charge in [-0.25, -0.2) is 19.2 Å². The van der Waals surface area contributed by atoms with Crippen LogP contribution in [0.25, 0.3) is 0 Å². The number of carboxylic acids is 2. The summed E-state index contributed by atoms with van der Waals surface area (Å²) in [6, 6.07) is 0. The van der Waals surface area contributed by atoms with Crippen molar-refractivity contribution in [3.8, 4) is 0 Å². The van der Waals surface area contributed by atoms with Crippen LogP contribution in [0.5, 0.6) is 0 Å². The monoisotopic (exact) mass is 941 g/mol. The van der Waals surface area contributed by atoms with E-state index in [0.29, 0.717) is 0 Å². The molecule has 3 fully saturated rings. The zero-order valence-electron chi connectivity index (χ0n) is 41.7. The average molecular weight is 941 g/mol. The first-order valence-corrected chi connectivity index (χ1v) is 23.0. The summed E-state index contributed by atoms with van der Waals surface area (Å²) in [5, 5.41) is 25.6. The first-order valence-electron chi connectivity index (χ1n) is 23.0. The lowest BCUT2D eigenvalue weighted by Crippen LogP contribution is -2.60. The first-order chi connectivity index (χ1) is 30.2. The molecule has 20 heteroatoms. The fourth-order valence-electron chi connectivity index (χ4n) is 7.79. The lowest BCUT2D eigenvalue weighted by Gasteiger charge is -2.46. The normalized spacial score (nSPS) is 21.0. The van der Waals surface area contributed by atoms with Gasteiger partial charge >= 0.3 is 36.3 Å². The predicted molar refractivity (Wildman–Crippen MR) is 244 cm³/mol. The molecule has 0 aliphatic carbocycles. The van der Waals surface area contributed by atoms with E-state index in [1.807, 2.05) is 0 Å². The number of Topliss-reactive ketones (excluding diaryl/α,β-unsaturated/α-hetero) is 2. The van der Waals surface area contributed by atoms with Crippen molar-refractivity contribution in [2.45, 2.75) is 157 Å². The zero-order chi connectivity index (χ0) is 50.3. The number of rotatable bonds is 12. The molecule has 3 rings (SSSR count). The number of ketones is 2. The maximum Gasteiger partial charge on any atom is 0.410 e. The molecule has 0 aromatic heterocycles. The van der Waals surface area contributed by atoms with Crippen molar-refractivity contribution in [1.82, 2.24) is 30.2 Å². The highest BCUT2D eigenvalue weighted by molar-refractivity contribution is 5.81. The summed E-state index contributed by atoms with van der Waals surface area (Å²) >= 11 is 0. The highest BCUT2D eigenvalue weighted by atomic mass is 16.6. The Bertz CT molecular complexity index is 1500. The highest BCUT2D eigenvalue weighted by Crippen LogP contribution is 2.32. The second kappa shape index (κ2) is 24.3. The number of ether oxygens (including phenoxy) is 4. The van der Waals surface area contributed by atoms with E-state index in [0.717, 1.165) is 0 Å². The van der Waals surface area contributed by atoms with Crippen LogP contribution in [0.3, 0.4) is 0 Å². The lowest BCUT2D eigenvalue weighted by molar-refractivity contribution is -0.138. The number of nitrogens with zero attached hydrogens (tertiary/aromatic N) is 4. The molecule has 0 aromatic carbocycles. The molecule has 0 atom stereocenters. The van der Waals surface area contributed by atoms with E-state index >= 15 is 0 Å². The molecule has 0 aromatic rings. The Morgan fingerprint density at radius 1 is 0.439 bits per heavy atom. The molecule has 3 aliphatic heterocycles. The molecule has 0 radical (unpaired) electrons. The summed E-state index contributed by atoms with van der Waals surface area (Å²) < 4.78 is 23.8. The van der Waals surface area contributed by atoms with Crippen molar-refractivity contribution in [1.29, 1.82) is 0 Å². The summed E-state index contributed by atoms with van der Waals surface area (Å²) in [4.78, 5) is 114. The van der Waals surface area contributed by atoms with Gasteiger partial charge in [0.15, 0.2) is 0 Å². The largest absolute Gasteiger partial charge is 0.481 e. The number of hydrogen-bond donors (Lipinski definition) is 4. The number of nitrogens with one attached hydrogen (secondary N) is 2. The van der Waals surface area contributed by atoms with Gasteiger partial charge in [0.2, 0.25) is 0 Å². The minimum atomic E-state index is -1.29. The Kier molecular flexibility index (Phi) is 21.2. The Hall–Kier alpha value is -4.72. The third-order valence-electron chi connectivity index (χ3n) is 10.3. The van der Waals surface area contributed by atoms with Crippen molar-refractivity contribution >= 4 is 47.9 Å². The lowest BCUT2D eigenvalue weighted by atomic mass is 9.79. The van der Waals surface area contributed by atoms with E-state index in [4.69, 9.17) is 18.9 Å². The Labute approximate surface area is 391 Å². The van der Waals surface area contributed by atoms with Crippen LogP contribution < -0.4 is 10.6 Å². The topological polar surface area (TPSA) is 251 Å². The highest BCUT2D eigenvalue weighted by Gasteiger charge is 2.45. The number of fused-ring (bicyclic) bond motifs is 15. The third kappa shape index (κ3) is 22.7. The van der Waals surface area contributed by atoms with Gasteiger partial charge < -0.3 is 59.4 Å². The van der Waals surface area contributed by atoms with E-state index < -0.39 is 69.5 Å². The van der Waals surface area contributed by atoms with Gasteiger partial charge in [-0.15, -0.1) is 0 Å². The van der Waals surface area contributed by atoms with Crippen LogP contribution in [0.4, 0.5) is 19.2 Å². The Morgan fingerprint density at radius 3 is 0.894 bits per heavy atom. The van der Waals surface area contributed by atoms with E-state index in [2.05, 4.69) is 10.6 Å². The van der Waals surface area contributed by atoms with Crippen molar-refractivity contribution < 1.29 is 67.5 Å². The van der Waals surface area contributed by atoms with Crippen molar-refractivity contribution in [3.05, 3.63) is 0 Å². The molecule has 66 heavy (non-hydrogen) atoms. The number of aliphatic carboxylic acids is 2. The minimum absolute atomic E-state index is 0.0523. The molecular formula is C46H80N6O14. The van der Waals surface area contributed by atoms with E-state index in [-0.39, 0.29) is 141 Å². The van der Waals surface area contributed by atoms with Crippen LogP contribution >= 0.6 is 0 Å². The standard InChI is InChI=1S/C46H80N6O14/c1-41(2,3)63-37(59)49-21-22-50(38(60)64-42(4,5)6)31-46(26-34(54)16-14-18-36(57)58)28-48-20-19-47-27-45(29-49,25-33(53)15-13-17-35(55)56)30-51(39(61)65-43(7,8)9)23-24-52(32-46)40(62)66-44(10,11)12/h47-48H,13-32H2,1-12H3,(H,55,56)(H,57,58). The van der Waals surface area contributed by atoms with Crippen LogP contribution in [0.1, 0.15) is 134 Å². The van der Waals surface area contributed by atoms with Crippen LogP contribution in [0.15, 0.2) is 0 Å². The molecule has 3 heterocycles. The second-order valence-electron chi connectivity index (χ2n) is 21.9. The second-order valence-corrected chi connectivity index (χ2v) is 21.9. The van der Waals surface area contributed by atoms with Gasteiger partial charge in [-0.3, -0.25) is 19.2 Å². The Morgan fingerprint density at radius 2 is 0.682 bits per heavy atom. The molecule has 0 spiro atoms. The third-order valence-corrected chi connectivity index (χ3v) is 10.3. The predicted octanol–water partition coefficient (Wildman–Crippen LogP) is 5.54. The average Bonchev–Trinajstić information content (AvgIpc) is 3.11. The van der Waals surface area contributed by atoms with Gasteiger partial charge in [0.25, 0.3) is 0 Å². The molecule has 2 bridgehead atoms. The maximum absolute atomic E-state index is 14.4. The van der Waals surface area contributed by atoms with Gasteiger partial charge in [0.05, 0.1) is 0 Å². The summed E-state index contributed by atoms with van der Waals surface area (Å²) in [6.45, 7) is 19.5. The summed E-state index contributed by atoms with van der Waals surface area (Å²) in [7, 11) is 0. The minimum Gasteiger partial charge on any atom is -0.481 e. The molecule has 20 nitrogen and oxygen atoms in total. The van der Waals surface area contributed by atoms with Gasteiger partial charge in [-0.1, -0.05) is 0 Å². The molecule has 378 valence electrons. The smallest absolute Gasteiger partial charge is 0.410 e. The number of carboxylic acid groups (broad SMARTS) is 2. The van der Waals surface area contributed by atoms with Crippen molar-refractivity contribution in [3.63, 3.8) is 0 Å². The zero-order valence-corrected chi connectivity index (χ0v) is 41.7. The van der Waals surface area contributed by atoms with Crippen molar-refractivity contribution in [2.75, 3.05) is 78.5 Å². The molecule has 4 N–H and O–H groups in total. The maximum atomic E-state index is 14.4. The van der Waals surface area contributed by atoms with Crippen LogP contribution in [0.2, 0.25) is 0 Å². The van der Waals surface area contributed by atoms with E-state index in [9.17, 15) is 48.6 Å². The number of hydrogen-bond acceptors (Lipinski definition) is 14. The van der Waals surface area contributed by atoms with E-state index in [1.165, 1.54) is 19.6 Å². The van der Waals surface area contributed by atoms with Crippen LogP contribution in [-0.4, -0.2) is 179 Å². The molecule has 3 saturated heterocycles. The first kappa shape index (κ1) is 57.4. The van der Waals surface area contributed by atoms with Gasteiger partial charge in [-0.05, 0) is 95.9 Å². The fraction of sp³-hybridized carbons (Fsp3) is 0.826. The van der Waals surface area contributed by atoms with Gasteiger partial charge in [0.1, 0.15) is 34.0 Å². The summed E-state index contributed by atoms with van der Waals surface area (Å²) in [6.07, 6.45) is -4.06. The molecule has 0 saturated carbocycles.